The SMILES string of the molecule is [C-]#[N+]/N=c1\c2cc(-c3c(F)c(F)c(F)c(F)c3F)ccc2c2cc3/c(=N/C#N)c4cc(-c5c(F)c(F)c(F)c(F)c5F)ccc4c3cc12. The molecule has 0 radical (unpaired) electrons. The highest BCUT2D eigenvalue weighted by atomic mass is 19.2. The van der Waals surface area contributed by atoms with Crippen LogP contribution in [0.3, 0.4) is 0 Å². The number of nitrogens with zero attached hydrogens (tertiary/aromatic N) is 4. The third-order valence-corrected chi connectivity index (χ3v) is 8.11. The molecule has 0 N–H and O–H groups in total. The van der Waals surface area contributed by atoms with Gasteiger partial charge in [0.2, 0.25) is 17.8 Å². The van der Waals surface area contributed by atoms with E-state index < -0.39 is 80.4 Å². The molecule has 4 nitrogen and oxygen atoms in total. The molecular weight excluding hydrogens is 654 g/mol. The Morgan fingerprint density at radius 2 is 0.812 bits per heavy atom. The van der Waals surface area contributed by atoms with Crippen molar-refractivity contribution in [1.29, 1.82) is 5.26 Å². The van der Waals surface area contributed by atoms with Crippen LogP contribution >= 0.6 is 0 Å². The summed E-state index contributed by atoms with van der Waals surface area (Å²) in [5, 5.41) is 15.3. The first-order valence-electron chi connectivity index (χ1n) is 13.3. The van der Waals surface area contributed by atoms with Crippen LogP contribution in [0.2, 0.25) is 0 Å². The lowest BCUT2D eigenvalue weighted by Crippen LogP contribution is -2.04. The van der Waals surface area contributed by atoms with Crippen molar-refractivity contribution in [2.45, 2.75) is 0 Å². The Labute approximate surface area is 259 Å². The third-order valence-electron chi connectivity index (χ3n) is 8.11. The average Bonchev–Trinajstić information content (AvgIpc) is 3.55. The lowest BCUT2D eigenvalue weighted by molar-refractivity contribution is 0.381. The molecule has 0 aromatic heterocycles. The van der Waals surface area contributed by atoms with Crippen molar-refractivity contribution in [3.63, 3.8) is 0 Å². The standard InChI is InChI=1S/C34H8F10N4/c1-46-48-34-18-7-12(22-25(37)29(41)32(44)30(42)26(22)38)3-5-14(18)16-8-19-15(9-20(16)34)13-4-2-11(6-17(13)33(19)47-10-45)21-23(35)27(39)31(43)28(40)24(21)36/h2-9H/b47-33+,48-34+. The number of halogens is 10. The Morgan fingerprint density at radius 1 is 0.458 bits per heavy atom. The summed E-state index contributed by atoms with van der Waals surface area (Å²) in [6, 6.07) is 10.1. The lowest BCUT2D eigenvalue weighted by Gasteiger charge is -2.08. The van der Waals surface area contributed by atoms with Crippen LogP contribution in [0.25, 0.3) is 70.3 Å². The molecule has 7 rings (SSSR count). The summed E-state index contributed by atoms with van der Waals surface area (Å²) in [6.07, 6.45) is 1.61. The van der Waals surface area contributed by atoms with Crippen molar-refractivity contribution in [1.82, 2.24) is 0 Å². The predicted molar refractivity (Wildman–Crippen MR) is 153 cm³/mol. The number of nitriles is 1. The molecule has 7 aromatic carbocycles. The Balaban J connectivity index is 1.55. The first kappa shape index (κ1) is 30.4. The van der Waals surface area contributed by atoms with Gasteiger partial charge in [-0.05, 0) is 56.9 Å². The van der Waals surface area contributed by atoms with E-state index in [1.165, 1.54) is 24.3 Å². The van der Waals surface area contributed by atoms with Gasteiger partial charge >= 0.3 is 0 Å². The Hall–Kier alpha value is -6.28. The second-order valence-corrected chi connectivity index (χ2v) is 10.5. The molecule has 0 bridgehead atoms. The summed E-state index contributed by atoms with van der Waals surface area (Å²) in [5.41, 5.74) is -3.21. The van der Waals surface area contributed by atoms with Gasteiger partial charge in [0, 0.05) is 21.5 Å². The summed E-state index contributed by atoms with van der Waals surface area (Å²) in [7, 11) is 0. The summed E-state index contributed by atoms with van der Waals surface area (Å²) in [6.45, 7) is 7.34. The smallest absolute Gasteiger partial charge is 0.203 e. The van der Waals surface area contributed by atoms with Crippen LogP contribution in [-0.2, 0) is 0 Å². The highest BCUT2D eigenvalue weighted by Gasteiger charge is 2.29. The lowest BCUT2D eigenvalue weighted by atomic mass is 10.0. The van der Waals surface area contributed by atoms with Crippen molar-refractivity contribution in [3.05, 3.63) is 129 Å². The van der Waals surface area contributed by atoms with E-state index in [4.69, 9.17) is 6.57 Å². The molecule has 0 aliphatic rings. The van der Waals surface area contributed by atoms with Crippen molar-refractivity contribution >= 4 is 43.1 Å². The van der Waals surface area contributed by atoms with Gasteiger partial charge in [0.25, 0.3) is 0 Å². The van der Waals surface area contributed by atoms with E-state index in [1.807, 2.05) is 0 Å². The van der Waals surface area contributed by atoms with Gasteiger partial charge in [-0.2, -0.15) is 16.8 Å². The van der Waals surface area contributed by atoms with Gasteiger partial charge in [-0.15, -0.1) is 4.95 Å². The van der Waals surface area contributed by atoms with E-state index in [1.54, 1.807) is 6.19 Å². The first-order chi connectivity index (χ1) is 22.9. The largest absolute Gasteiger partial charge is 0.206 e. The Kier molecular flexibility index (Phi) is 6.73. The molecule has 234 valence electrons. The van der Waals surface area contributed by atoms with Crippen LogP contribution < -0.4 is 10.7 Å². The monoisotopic (exact) mass is 662 g/mol. The van der Waals surface area contributed by atoms with E-state index in [9.17, 15) is 49.2 Å². The number of hydrogen-bond donors (Lipinski definition) is 0. The second kappa shape index (κ2) is 10.6. The number of benzene rings is 5. The predicted octanol–water partition coefficient (Wildman–Crippen LogP) is 9.02. The zero-order valence-corrected chi connectivity index (χ0v) is 23.2. The van der Waals surface area contributed by atoms with Crippen LogP contribution in [0.15, 0.2) is 58.6 Å². The van der Waals surface area contributed by atoms with E-state index in [-0.39, 0.29) is 32.3 Å². The van der Waals surface area contributed by atoms with Gasteiger partial charge in [-0.1, -0.05) is 24.3 Å². The van der Waals surface area contributed by atoms with Crippen LogP contribution in [0.4, 0.5) is 43.9 Å². The molecule has 0 aliphatic carbocycles. The molecule has 0 saturated heterocycles. The zero-order chi connectivity index (χ0) is 34.3. The normalized spacial score (nSPS) is 12.6. The Morgan fingerprint density at radius 3 is 1.21 bits per heavy atom. The minimum atomic E-state index is -2.33. The summed E-state index contributed by atoms with van der Waals surface area (Å²) < 4.78 is 142. The molecule has 48 heavy (non-hydrogen) atoms. The molecule has 0 atom stereocenters. The number of fused-ring (bicyclic) bond motifs is 6. The van der Waals surface area contributed by atoms with Gasteiger partial charge in [0.1, 0.15) is 0 Å². The van der Waals surface area contributed by atoms with E-state index in [2.05, 4.69) is 15.0 Å². The maximum absolute atomic E-state index is 14.7. The van der Waals surface area contributed by atoms with E-state index in [0.717, 1.165) is 24.3 Å². The van der Waals surface area contributed by atoms with Crippen molar-refractivity contribution in [2.24, 2.45) is 10.1 Å². The highest BCUT2D eigenvalue weighted by molar-refractivity contribution is 6.21. The fourth-order valence-corrected chi connectivity index (χ4v) is 6.03. The summed E-state index contributed by atoms with van der Waals surface area (Å²) in [4.78, 5) is 6.88. The second-order valence-electron chi connectivity index (χ2n) is 10.5. The summed E-state index contributed by atoms with van der Waals surface area (Å²) >= 11 is 0. The van der Waals surface area contributed by atoms with E-state index >= 15 is 0 Å². The maximum atomic E-state index is 14.7. The van der Waals surface area contributed by atoms with Gasteiger partial charge in [-0.25, -0.2) is 43.9 Å². The fourth-order valence-electron chi connectivity index (χ4n) is 6.03. The number of rotatable bonds is 2. The van der Waals surface area contributed by atoms with Crippen molar-refractivity contribution in [3.8, 4) is 28.4 Å². The molecule has 14 heteroatoms. The number of hydrogen-bond acceptors (Lipinski definition) is 3. The maximum Gasteiger partial charge on any atom is 0.206 e. The minimum Gasteiger partial charge on any atom is -0.203 e. The molecule has 0 heterocycles. The van der Waals surface area contributed by atoms with Gasteiger partial charge < -0.3 is 0 Å². The van der Waals surface area contributed by atoms with Crippen LogP contribution in [0.5, 0.6) is 0 Å². The topological polar surface area (TPSA) is 52.9 Å². The van der Waals surface area contributed by atoms with Gasteiger partial charge in [-0.3, -0.25) is 0 Å². The van der Waals surface area contributed by atoms with Gasteiger partial charge in [0.15, 0.2) is 51.9 Å². The van der Waals surface area contributed by atoms with Crippen LogP contribution in [0, 0.1) is 76.2 Å². The molecule has 0 saturated carbocycles. The fraction of sp³-hybridized carbons (Fsp3) is 0. The van der Waals surface area contributed by atoms with Crippen LogP contribution in [0.1, 0.15) is 0 Å². The first-order valence-corrected chi connectivity index (χ1v) is 13.3. The molecule has 0 fully saturated rings. The van der Waals surface area contributed by atoms with Crippen molar-refractivity contribution in [2.75, 3.05) is 0 Å². The molecule has 0 spiro atoms. The average molecular weight is 662 g/mol. The quantitative estimate of drug-likeness (QED) is 0.0456. The van der Waals surface area contributed by atoms with Crippen molar-refractivity contribution < 1.29 is 43.9 Å². The molecule has 0 aliphatic heterocycles. The molecular formula is C34H8F10N4. The van der Waals surface area contributed by atoms with Gasteiger partial charge in [0.05, 0.1) is 21.6 Å². The van der Waals surface area contributed by atoms with Crippen LogP contribution in [-0.4, -0.2) is 0 Å². The molecule has 0 unspecified atom stereocenters. The zero-order valence-electron chi connectivity index (χ0n) is 23.2. The molecule has 0 amide bonds. The Bertz CT molecular complexity index is 2570. The molecule has 7 aromatic rings. The van der Waals surface area contributed by atoms with E-state index in [0.29, 0.717) is 21.5 Å². The highest BCUT2D eigenvalue weighted by Crippen LogP contribution is 2.38. The third kappa shape index (κ3) is 4.02. The summed E-state index contributed by atoms with van der Waals surface area (Å²) in [5.74, 6) is -21.5. The minimum absolute atomic E-state index is 0.0335.